The highest BCUT2D eigenvalue weighted by molar-refractivity contribution is 7.84. The predicted molar refractivity (Wildman–Crippen MR) is 95.5 cm³/mol. The van der Waals surface area contributed by atoms with Crippen molar-refractivity contribution in [3.63, 3.8) is 0 Å². The molecule has 4 rings (SSSR count). The second kappa shape index (κ2) is 5.83. The van der Waals surface area contributed by atoms with Crippen molar-refractivity contribution in [2.75, 3.05) is 19.3 Å². The van der Waals surface area contributed by atoms with Crippen molar-refractivity contribution in [1.29, 1.82) is 0 Å². The molecule has 0 aromatic heterocycles. The van der Waals surface area contributed by atoms with Crippen molar-refractivity contribution in [3.8, 4) is 0 Å². The van der Waals surface area contributed by atoms with Crippen LogP contribution in [-0.2, 0) is 22.9 Å². The zero-order chi connectivity index (χ0) is 16.7. The van der Waals surface area contributed by atoms with Crippen molar-refractivity contribution in [2.45, 2.75) is 23.5 Å². The van der Waals surface area contributed by atoms with Gasteiger partial charge in [-0.1, -0.05) is 36.4 Å². The molecule has 0 saturated heterocycles. The highest BCUT2D eigenvalue weighted by Gasteiger charge is 2.47. The fourth-order valence-electron chi connectivity index (χ4n) is 3.64. The smallest absolute Gasteiger partial charge is 0.170 e. The Labute approximate surface area is 144 Å². The predicted octanol–water partition coefficient (Wildman–Crippen LogP) is 2.28. The third-order valence-corrected chi connectivity index (χ3v) is 5.74. The lowest BCUT2D eigenvalue weighted by Crippen LogP contribution is -2.47. The minimum absolute atomic E-state index is 0.486. The van der Waals surface area contributed by atoms with Crippen molar-refractivity contribution in [2.24, 2.45) is 4.99 Å². The number of nitrogens with zero attached hydrogens (tertiary/aromatic N) is 2. The molecule has 2 atom stereocenters. The van der Waals surface area contributed by atoms with E-state index in [0.717, 1.165) is 46.9 Å². The Bertz CT molecular complexity index is 832. The molecule has 2 aromatic rings. The summed E-state index contributed by atoms with van der Waals surface area (Å²) in [5.74, 6) is 0.908. The first kappa shape index (κ1) is 15.5. The van der Waals surface area contributed by atoms with E-state index in [1.54, 1.807) is 6.26 Å². The van der Waals surface area contributed by atoms with Crippen LogP contribution in [0.15, 0.2) is 58.4 Å². The maximum atomic E-state index is 11.6. The van der Waals surface area contributed by atoms with E-state index in [9.17, 15) is 9.32 Å². The summed E-state index contributed by atoms with van der Waals surface area (Å²) in [6, 6.07) is 15.6. The van der Waals surface area contributed by atoms with E-state index in [4.69, 9.17) is 0 Å². The van der Waals surface area contributed by atoms with E-state index in [1.165, 1.54) is 0 Å². The lowest BCUT2D eigenvalue weighted by atomic mass is 9.94. The Balaban J connectivity index is 1.74. The lowest BCUT2D eigenvalue weighted by molar-refractivity contribution is -0.0704. The third kappa shape index (κ3) is 2.39. The van der Waals surface area contributed by atoms with Gasteiger partial charge in [0.1, 0.15) is 5.84 Å². The number of benzene rings is 2. The maximum absolute atomic E-state index is 11.6. The topological polar surface area (TPSA) is 52.9 Å². The summed E-state index contributed by atoms with van der Waals surface area (Å²) < 4.78 is 11.6. The summed E-state index contributed by atoms with van der Waals surface area (Å²) in [5, 5.41) is 11.6. The minimum atomic E-state index is -1.07. The summed E-state index contributed by atoms with van der Waals surface area (Å²) in [4.78, 5) is 7.49. The van der Waals surface area contributed by atoms with Gasteiger partial charge >= 0.3 is 0 Å². The van der Waals surface area contributed by atoms with E-state index in [0.29, 0.717) is 6.42 Å². The summed E-state index contributed by atoms with van der Waals surface area (Å²) in [7, 11) is -0.986. The van der Waals surface area contributed by atoms with Gasteiger partial charge in [0.15, 0.2) is 5.72 Å². The van der Waals surface area contributed by atoms with Gasteiger partial charge in [0.2, 0.25) is 0 Å². The van der Waals surface area contributed by atoms with E-state index in [-0.39, 0.29) is 0 Å². The average molecular weight is 340 g/mol. The van der Waals surface area contributed by atoms with Crippen LogP contribution in [0.5, 0.6) is 0 Å². The summed E-state index contributed by atoms with van der Waals surface area (Å²) in [6.45, 7) is 1.62. The lowest BCUT2D eigenvalue weighted by Gasteiger charge is -2.37. The van der Waals surface area contributed by atoms with Gasteiger partial charge in [0.25, 0.3) is 0 Å². The third-order valence-electron chi connectivity index (χ3n) is 4.81. The molecule has 2 aliphatic rings. The number of hydrogen-bond donors (Lipinski definition) is 1. The Morgan fingerprint density at radius 3 is 2.71 bits per heavy atom. The van der Waals surface area contributed by atoms with Crippen molar-refractivity contribution in [3.05, 3.63) is 65.2 Å². The Hall–Kier alpha value is -1.98. The van der Waals surface area contributed by atoms with Crippen LogP contribution >= 0.6 is 0 Å². The summed E-state index contributed by atoms with van der Waals surface area (Å²) >= 11 is 0. The molecule has 4 nitrogen and oxygen atoms in total. The van der Waals surface area contributed by atoms with Crippen LogP contribution in [0, 0.1) is 0 Å². The molecule has 2 heterocycles. The van der Waals surface area contributed by atoms with Gasteiger partial charge < -0.3 is 10.0 Å². The molecule has 0 bridgehead atoms. The molecule has 0 radical (unpaired) electrons. The highest BCUT2D eigenvalue weighted by atomic mass is 32.2. The molecule has 2 aliphatic heterocycles. The van der Waals surface area contributed by atoms with Crippen LogP contribution in [0.3, 0.4) is 0 Å². The monoisotopic (exact) mass is 340 g/mol. The van der Waals surface area contributed by atoms with E-state index in [2.05, 4.69) is 4.99 Å². The number of rotatable bonds is 3. The number of amidine groups is 1. The molecule has 124 valence electrons. The first-order valence-corrected chi connectivity index (χ1v) is 9.72. The molecule has 5 heteroatoms. The van der Waals surface area contributed by atoms with Crippen LogP contribution in [0.25, 0.3) is 0 Å². The molecule has 2 aromatic carbocycles. The molecule has 2 unspecified atom stereocenters. The minimum Gasteiger partial charge on any atom is -0.366 e. The van der Waals surface area contributed by atoms with Gasteiger partial charge in [-0.25, -0.2) is 0 Å². The SMILES string of the molecule is CS(=O)c1ccc(CC2(O)c3ccccc3C3=NCCCN32)cc1. The second-order valence-corrected chi connectivity index (χ2v) is 7.73. The zero-order valence-corrected chi connectivity index (χ0v) is 14.4. The normalized spacial score (nSPS) is 23.4. The molecule has 0 saturated carbocycles. The van der Waals surface area contributed by atoms with Gasteiger partial charge in [0.05, 0.1) is 0 Å². The van der Waals surface area contributed by atoms with Crippen molar-refractivity contribution >= 4 is 16.6 Å². The Morgan fingerprint density at radius 1 is 1.21 bits per heavy atom. The molecular weight excluding hydrogens is 320 g/mol. The molecule has 1 N–H and O–H groups in total. The fourth-order valence-corrected chi connectivity index (χ4v) is 4.16. The summed E-state index contributed by atoms with van der Waals surface area (Å²) in [5.41, 5.74) is 1.91. The first-order valence-electron chi connectivity index (χ1n) is 8.16. The van der Waals surface area contributed by atoms with Crippen LogP contribution in [0.2, 0.25) is 0 Å². The van der Waals surface area contributed by atoms with Crippen LogP contribution < -0.4 is 0 Å². The van der Waals surface area contributed by atoms with Crippen LogP contribution in [0.4, 0.5) is 0 Å². The van der Waals surface area contributed by atoms with Crippen LogP contribution in [0.1, 0.15) is 23.1 Å². The average Bonchev–Trinajstić information content (AvgIpc) is 2.86. The highest BCUT2D eigenvalue weighted by Crippen LogP contribution is 2.41. The number of fused-ring (bicyclic) bond motifs is 3. The van der Waals surface area contributed by atoms with Crippen molar-refractivity contribution in [1.82, 2.24) is 4.90 Å². The summed E-state index contributed by atoms with van der Waals surface area (Å²) in [6.07, 6.45) is 3.11. The molecule has 0 aliphatic carbocycles. The van der Waals surface area contributed by atoms with E-state index < -0.39 is 16.5 Å². The maximum Gasteiger partial charge on any atom is 0.170 e. The fraction of sp³-hybridized carbons (Fsp3) is 0.316. The molecular formula is C19H20N2O2S. The molecule has 0 spiro atoms. The largest absolute Gasteiger partial charge is 0.366 e. The van der Waals surface area contributed by atoms with E-state index in [1.807, 2.05) is 53.4 Å². The standard InChI is InChI=1S/C19H20N2O2S/c1-24(23)15-9-7-14(8-10-15)13-19(22)17-6-3-2-5-16(17)18-20-11-4-12-21(18)19/h2-3,5-10,22H,4,11-13H2,1H3. The van der Waals surface area contributed by atoms with Gasteiger partial charge in [-0.15, -0.1) is 0 Å². The first-order chi connectivity index (χ1) is 11.6. The molecule has 0 amide bonds. The zero-order valence-electron chi connectivity index (χ0n) is 13.6. The van der Waals surface area contributed by atoms with E-state index >= 15 is 0 Å². The van der Waals surface area contributed by atoms with Gasteiger partial charge in [-0.2, -0.15) is 0 Å². The molecule has 24 heavy (non-hydrogen) atoms. The Kier molecular flexibility index (Phi) is 3.77. The number of aliphatic imine (C=N–C) groups is 1. The quantitative estimate of drug-likeness (QED) is 0.933. The number of hydrogen-bond acceptors (Lipinski definition) is 4. The molecule has 0 fully saturated rings. The van der Waals surface area contributed by atoms with Crippen molar-refractivity contribution < 1.29 is 9.32 Å². The van der Waals surface area contributed by atoms with Gasteiger partial charge in [-0.05, 0) is 24.1 Å². The van der Waals surface area contributed by atoms with Gasteiger partial charge in [-0.3, -0.25) is 9.20 Å². The van der Waals surface area contributed by atoms with Gasteiger partial charge in [0, 0.05) is 52.6 Å². The van der Waals surface area contributed by atoms with Crippen LogP contribution in [-0.4, -0.2) is 39.4 Å². The Morgan fingerprint density at radius 2 is 1.96 bits per heavy atom. The number of aliphatic hydroxyl groups is 1. The second-order valence-electron chi connectivity index (χ2n) is 6.35.